The molecule has 0 aliphatic carbocycles. The summed E-state index contributed by atoms with van der Waals surface area (Å²) >= 11 is 0. The van der Waals surface area contributed by atoms with E-state index in [-0.39, 0.29) is 18.0 Å². The number of furan rings is 2. The van der Waals surface area contributed by atoms with Crippen LogP contribution in [0.2, 0.25) is 0 Å². The molecular weight excluding hydrogens is 266 g/mol. The number of hydrogen-bond acceptors (Lipinski definition) is 4. The predicted octanol–water partition coefficient (Wildman–Crippen LogP) is 3.82. The second-order valence-electron chi connectivity index (χ2n) is 6.18. The Morgan fingerprint density at radius 3 is 2.48 bits per heavy atom. The summed E-state index contributed by atoms with van der Waals surface area (Å²) in [6.07, 6.45) is 5.99. The molecule has 2 N–H and O–H groups in total. The molecule has 0 saturated carbocycles. The molecule has 0 aromatic carbocycles. The van der Waals surface area contributed by atoms with E-state index in [9.17, 15) is 5.11 Å². The van der Waals surface area contributed by atoms with E-state index in [4.69, 9.17) is 8.83 Å². The van der Waals surface area contributed by atoms with Crippen LogP contribution < -0.4 is 5.32 Å². The third kappa shape index (κ3) is 2.78. The molecule has 0 unspecified atom stereocenters. The molecule has 0 radical (unpaired) electrons. The molecule has 4 atom stereocenters. The van der Waals surface area contributed by atoms with Crippen molar-refractivity contribution in [1.29, 1.82) is 0 Å². The fourth-order valence-electron chi connectivity index (χ4n) is 3.53. The Bertz CT molecular complexity index is 545. The van der Waals surface area contributed by atoms with E-state index in [1.54, 1.807) is 12.5 Å². The molecule has 2 aromatic heterocycles. The van der Waals surface area contributed by atoms with Gasteiger partial charge in [0.25, 0.3) is 0 Å². The maximum absolute atomic E-state index is 11.0. The fraction of sp³-hybridized carbons (Fsp3) is 0.529. The third-order valence-corrected chi connectivity index (χ3v) is 4.54. The first-order valence-corrected chi connectivity index (χ1v) is 7.67. The average Bonchev–Trinajstić information content (AvgIpc) is 3.13. The zero-order valence-corrected chi connectivity index (χ0v) is 12.6. The first kappa shape index (κ1) is 14.4. The number of nitrogens with one attached hydrogen (secondary N) is 1. The van der Waals surface area contributed by atoms with Gasteiger partial charge < -0.3 is 13.9 Å². The Hall–Kier alpha value is -1.52. The Morgan fingerprint density at radius 2 is 1.90 bits per heavy atom. The second kappa shape index (κ2) is 5.70. The Morgan fingerprint density at radius 1 is 1.24 bits per heavy atom. The topological polar surface area (TPSA) is 58.5 Å². The quantitative estimate of drug-likeness (QED) is 0.898. The van der Waals surface area contributed by atoms with Crippen molar-refractivity contribution < 1.29 is 13.9 Å². The zero-order chi connectivity index (χ0) is 14.9. The Balaban J connectivity index is 1.92. The van der Waals surface area contributed by atoms with Crippen molar-refractivity contribution in [2.24, 2.45) is 5.92 Å². The van der Waals surface area contributed by atoms with Crippen LogP contribution in [0.3, 0.4) is 0 Å². The smallest absolute Gasteiger partial charge is 0.121 e. The van der Waals surface area contributed by atoms with E-state index in [1.807, 2.05) is 31.2 Å². The van der Waals surface area contributed by atoms with Crippen LogP contribution in [0.5, 0.6) is 0 Å². The van der Waals surface area contributed by atoms with E-state index < -0.39 is 5.60 Å². The molecule has 114 valence electrons. The van der Waals surface area contributed by atoms with Gasteiger partial charge >= 0.3 is 0 Å². The lowest BCUT2D eigenvalue weighted by atomic mass is 9.72. The van der Waals surface area contributed by atoms with E-state index in [1.165, 1.54) is 0 Å². The number of rotatable bonds is 4. The number of hydrogen-bond donors (Lipinski definition) is 2. The summed E-state index contributed by atoms with van der Waals surface area (Å²) in [7, 11) is 0. The van der Waals surface area contributed by atoms with Crippen molar-refractivity contribution in [3.63, 3.8) is 0 Å². The second-order valence-corrected chi connectivity index (χ2v) is 6.18. The molecule has 0 bridgehead atoms. The van der Waals surface area contributed by atoms with Crippen LogP contribution in [0.15, 0.2) is 45.6 Å². The van der Waals surface area contributed by atoms with Gasteiger partial charge in [0.1, 0.15) is 11.5 Å². The minimum atomic E-state index is -0.754. The molecule has 0 spiro atoms. The summed E-state index contributed by atoms with van der Waals surface area (Å²) in [6, 6.07) is 7.70. The highest BCUT2D eigenvalue weighted by molar-refractivity contribution is 5.16. The van der Waals surface area contributed by atoms with Gasteiger partial charge in [-0.3, -0.25) is 5.32 Å². The van der Waals surface area contributed by atoms with Crippen LogP contribution in [0, 0.1) is 5.92 Å². The summed E-state index contributed by atoms with van der Waals surface area (Å²) in [6.45, 7) is 4.08. The molecule has 4 heteroatoms. The average molecular weight is 289 g/mol. The lowest BCUT2D eigenvalue weighted by Crippen LogP contribution is -2.51. The molecule has 1 fully saturated rings. The standard InChI is InChI=1S/C17H23NO3/c1-3-6-12-16(15-8-5-10-21-15)18-13(11-17(12,2)19)14-7-4-9-20-14/h4-5,7-10,12-13,16,18-19H,3,6,11H2,1-2H3/t12-,13-,16+,17+/m0/s1. The van der Waals surface area contributed by atoms with Crippen molar-refractivity contribution in [3.8, 4) is 0 Å². The molecule has 2 aromatic rings. The van der Waals surface area contributed by atoms with Gasteiger partial charge in [-0.1, -0.05) is 13.3 Å². The first-order chi connectivity index (χ1) is 10.1. The van der Waals surface area contributed by atoms with Crippen molar-refractivity contribution in [2.45, 2.75) is 50.8 Å². The fourth-order valence-corrected chi connectivity index (χ4v) is 3.53. The lowest BCUT2D eigenvalue weighted by molar-refractivity contribution is -0.0695. The van der Waals surface area contributed by atoms with Gasteiger partial charge in [-0.2, -0.15) is 0 Å². The third-order valence-electron chi connectivity index (χ3n) is 4.54. The van der Waals surface area contributed by atoms with Crippen LogP contribution in [-0.4, -0.2) is 10.7 Å². The molecule has 21 heavy (non-hydrogen) atoms. The highest BCUT2D eigenvalue weighted by atomic mass is 16.3. The van der Waals surface area contributed by atoms with Crippen LogP contribution in [0.4, 0.5) is 0 Å². The van der Waals surface area contributed by atoms with Gasteiger partial charge in [0.15, 0.2) is 0 Å². The van der Waals surface area contributed by atoms with Gasteiger partial charge in [0.2, 0.25) is 0 Å². The van der Waals surface area contributed by atoms with Crippen LogP contribution in [0.25, 0.3) is 0 Å². The van der Waals surface area contributed by atoms with Gasteiger partial charge in [-0.05, 0) is 44.0 Å². The molecule has 1 aliphatic rings. The van der Waals surface area contributed by atoms with Gasteiger partial charge in [-0.25, -0.2) is 0 Å². The molecule has 3 rings (SSSR count). The van der Waals surface area contributed by atoms with Crippen molar-refractivity contribution in [1.82, 2.24) is 5.32 Å². The van der Waals surface area contributed by atoms with Crippen molar-refractivity contribution in [3.05, 3.63) is 48.3 Å². The van der Waals surface area contributed by atoms with E-state index in [2.05, 4.69) is 12.2 Å². The first-order valence-electron chi connectivity index (χ1n) is 7.67. The molecule has 4 nitrogen and oxygen atoms in total. The van der Waals surface area contributed by atoms with Crippen LogP contribution in [-0.2, 0) is 0 Å². The monoisotopic (exact) mass is 289 g/mol. The largest absolute Gasteiger partial charge is 0.468 e. The highest BCUT2D eigenvalue weighted by Gasteiger charge is 2.46. The van der Waals surface area contributed by atoms with Crippen molar-refractivity contribution in [2.75, 3.05) is 0 Å². The van der Waals surface area contributed by atoms with Crippen molar-refractivity contribution >= 4 is 0 Å². The Kier molecular flexibility index (Phi) is 3.91. The molecule has 3 heterocycles. The Labute approximate surface area is 125 Å². The highest BCUT2D eigenvalue weighted by Crippen LogP contribution is 2.45. The molecule has 0 amide bonds. The van der Waals surface area contributed by atoms with E-state index >= 15 is 0 Å². The SMILES string of the molecule is CCC[C@H]1[C@H](c2ccco2)N[C@H](c2ccco2)C[C@@]1(C)O. The lowest BCUT2D eigenvalue weighted by Gasteiger charge is -2.45. The number of aliphatic hydroxyl groups is 1. The summed E-state index contributed by atoms with van der Waals surface area (Å²) in [4.78, 5) is 0. The summed E-state index contributed by atoms with van der Waals surface area (Å²) in [5.74, 6) is 1.87. The van der Waals surface area contributed by atoms with E-state index in [0.29, 0.717) is 6.42 Å². The maximum atomic E-state index is 11.0. The summed E-state index contributed by atoms with van der Waals surface area (Å²) in [5.41, 5.74) is -0.754. The van der Waals surface area contributed by atoms with Crippen LogP contribution >= 0.6 is 0 Å². The van der Waals surface area contributed by atoms with Gasteiger partial charge in [-0.15, -0.1) is 0 Å². The predicted molar refractivity (Wildman–Crippen MR) is 79.7 cm³/mol. The van der Waals surface area contributed by atoms with Crippen LogP contribution in [0.1, 0.15) is 56.7 Å². The normalized spacial score (nSPS) is 33.2. The molecule has 1 saturated heterocycles. The minimum Gasteiger partial charge on any atom is -0.468 e. The minimum absolute atomic E-state index is 0.00111. The number of piperidine rings is 1. The molecular formula is C17H23NO3. The van der Waals surface area contributed by atoms with Gasteiger partial charge in [0.05, 0.1) is 30.2 Å². The van der Waals surface area contributed by atoms with E-state index in [0.717, 1.165) is 24.4 Å². The molecule has 1 aliphatic heterocycles. The zero-order valence-electron chi connectivity index (χ0n) is 12.6. The van der Waals surface area contributed by atoms with Gasteiger partial charge in [0, 0.05) is 5.92 Å². The summed E-state index contributed by atoms with van der Waals surface area (Å²) < 4.78 is 11.1. The summed E-state index contributed by atoms with van der Waals surface area (Å²) in [5, 5.41) is 14.6. The maximum Gasteiger partial charge on any atom is 0.121 e.